The van der Waals surface area contributed by atoms with E-state index in [0.717, 1.165) is 12.0 Å². The van der Waals surface area contributed by atoms with Crippen molar-refractivity contribution in [1.29, 1.82) is 0 Å². The zero-order valence-corrected chi connectivity index (χ0v) is 28.9. The minimum absolute atomic E-state index is 0.163. The number of fused-ring (bicyclic) bond motifs is 1. The highest BCUT2D eigenvalue weighted by atomic mass is 16.6. The van der Waals surface area contributed by atoms with Crippen LogP contribution >= 0.6 is 0 Å². The van der Waals surface area contributed by atoms with Crippen LogP contribution in [0.3, 0.4) is 0 Å². The Kier molecular flexibility index (Phi) is 9.06. The van der Waals surface area contributed by atoms with Gasteiger partial charge in [-0.3, -0.25) is 4.79 Å². The zero-order chi connectivity index (χ0) is 33.9. The lowest BCUT2D eigenvalue weighted by Crippen LogP contribution is -2.68. The molecule has 6 aliphatic rings. The topological polar surface area (TPSA) is 131 Å². The van der Waals surface area contributed by atoms with Crippen LogP contribution in [0.4, 0.5) is 0 Å². The van der Waals surface area contributed by atoms with Crippen LogP contribution in [0.2, 0.25) is 0 Å². The van der Waals surface area contributed by atoms with E-state index in [1.54, 1.807) is 59.8 Å². The summed E-state index contributed by atoms with van der Waals surface area (Å²) in [6.45, 7) is 7.42. The second kappa shape index (κ2) is 12.4. The van der Waals surface area contributed by atoms with E-state index in [2.05, 4.69) is 25.2 Å². The first-order valence-corrected chi connectivity index (χ1v) is 16.7. The van der Waals surface area contributed by atoms with Crippen molar-refractivity contribution in [3.8, 4) is 5.75 Å². The predicted molar refractivity (Wildman–Crippen MR) is 171 cm³/mol. The quantitative estimate of drug-likeness (QED) is 0.269. The van der Waals surface area contributed by atoms with Gasteiger partial charge in [-0.15, -0.1) is 0 Å². The Bertz CT molecular complexity index is 1380. The molecule has 11 heteroatoms. The molecule has 2 N–H and O–H groups in total. The largest absolute Gasteiger partial charge is 0.497 e. The molecule has 5 aliphatic carbocycles. The molecular weight excluding hydrogens is 606 g/mol. The fourth-order valence-corrected chi connectivity index (χ4v) is 11.1. The maximum atomic E-state index is 13.9. The van der Waals surface area contributed by atoms with Gasteiger partial charge in [0.25, 0.3) is 0 Å². The van der Waals surface area contributed by atoms with Gasteiger partial charge in [0.2, 0.25) is 0 Å². The first-order valence-electron chi connectivity index (χ1n) is 16.7. The maximum absolute atomic E-state index is 13.9. The molecule has 0 spiro atoms. The second-order valence-corrected chi connectivity index (χ2v) is 14.3. The number of hydrogen-bond donors (Lipinski definition) is 2. The van der Waals surface area contributed by atoms with Crippen LogP contribution in [0.1, 0.15) is 50.4 Å². The lowest BCUT2D eigenvalue weighted by atomic mass is 9.48. The van der Waals surface area contributed by atoms with Crippen LogP contribution in [0.15, 0.2) is 35.9 Å². The molecule has 3 unspecified atom stereocenters. The molecule has 47 heavy (non-hydrogen) atoms. The van der Waals surface area contributed by atoms with E-state index in [1.165, 1.54) is 6.92 Å². The lowest BCUT2D eigenvalue weighted by molar-refractivity contribution is -0.248. The third kappa shape index (κ3) is 4.67. The molecular formula is C36H51NO10. The molecule has 12 atom stereocenters. The van der Waals surface area contributed by atoms with Crippen LogP contribution in [0, 0.1) is 34.5 Å². The van der Waals surface area contributed by atoms with Crippen molar-refractivity contribution in [3.63, 3.8) is 0 Å². The number of esters is 2. The number of carbonyl (C=O) groups is 2. The third-order valence-corrected chi connectivity index (χ3v) is 12.8. The van der Waals surface area contributed by atoms with Crippen molar-refractivity contribution in [2.75, 3.05) is 55.2 Å². The smallest absolute Gasteiger partial charge is 0.338 e. The molecule has 4 fully saturated rings. The summed E-state index contributed by atoms with van der Waals surface area (Å²) in [7, 11) is 8.27. The van der Waals surface area contributed by atoms with Crippen molar-refractivity contribution in [1.82, 2.24) is 5.32 Å². The van der Waals surface area contributed by atoms with Gasteiger partial charge in [-0.05, 0) is 49.9 Å². The van der Waals surface area contributed by atoms with Gasteiger partial charge >= 0.3 is 11.9 Å². The number of hydrogen-bond acceptors (Lipinski definition) is 11. The highest BCUT2D eigenvalue weighted by molar-refractivity contribution is 5.89. The molecule has 0 aromatic heterocycles. The van der Waals surface area contributed by atoms with Crippen LogP contribution in [0.25, 0.3) is 0 Å². The summed E-state index contributed by atoms with van der Waals surface area (Å²) in [5.41, 5.74) is -2.44. The second-order valence-electron chi connectivity index (χ2n) is 14.3. The summed E-state index contributed by atoms with van der Waals surface area (Å²) in [5.74, 6) is -1.98. The Morgan fingerprint density at radius 3 is 2.36 bits per heavy atom. The molecule has 1 aromatic carbocycles. The van der Waals surface area contributed by atoms with E-state index in [9.17, 15) is 14.7 Å². The van der Waals surface area contributed by atoms with Gasteiger partial charge in [0.15, 0.2) is 0 Å². The van der Waals surface area contributed by atoms with Crippen LogP contribution in [0.5, 0.6) is 5.75 Å². The van der Waals surface area contributed by atoms with Gasteiger partial charge in [-0.25, -0.2) is 4.79 Å². The fourth-order valence-electron chi connectivity index (χ4n) is 11.1. The molecule has 3 saturated carbocycles. The van der Waals surface area contributed by atoms with Gasteiger partial charge in [-0.1, -0.05) is 18.6 Å². The van der Waals surface area contributed by atoms with E-state index < -0.39 is 64.1 Å². The minimum atomic E-state index is -1.57. The van der Waals surface area contributed by atoms with Crippen LogP contribution in [-0.4, -0.2) is 108 Å². The Morgan fingerprint density at radius 2 is 1.79 bits per heavy atom. The summed E-state index contributed by atoms with van der Waals surface area (Å²) in [4.78, 5) is 27.2. The molecule has 260 valence electrons. The Hall–Kier alpha value is -2.54. The fraction of sp³-hybridized carbons (Fsp3) is 0.722. The molecule has 1 heterocycles. The van der Waals surface area contributed by atoms with Gasteiger partial charge in [-0.2, -0.15) is 0 Å². The van der Waals surface area contributed by atoms with Crippen molar-refractivity contribution in [3.05, 3.63) is 41.5 Å². The summed E-state index contributed by atoms with van der Waals surface area (Å²) < 4.78 is 43.4. The number of rotatable bonds is 11. The number of nitrogens with one attached hydrogen (secondary N) is 1. The predicted octanol–water partition coefficient (Wildman–Crippen LogP) is 3.18. The monoisotopic (exact) mass is 657 g/mol. The van der Waals surface area contributed by atoms with Crippen molar-refractivity contribution in [2.24, 2.45) is 34.5 Å². The van der Waals surface area contributed by atoms with Gasteiger partial charge < -0.3 is 43.6 Å². The third-order valence-electron chi connectivity index (χ3n) is 12.8. The molecule has 1 saturated heterocycles. The summed E-state index contributed by atoms with van der Waals surface area (Å²) in [6, 6.07) is 6.67. The molecule has 1 aromatic rings. The van der Waals surface area contributed by atoms with E-state index in [-0.39, 0.29) is 30.8 Å². The van der Waals surface area contributed by atoms with Crippen molar-refractivity contribution < 1.29 is 47.9 Å². The Morgan fingerprint density at radius 1 is 1.06 bits per heavy atom. The van der Waals surface area contributed by atoms with E-state index in [1.807, 2.05) is 0 Å². The van der Waals surface area contributed by atoms with Crippen LogP contribution in [-0.2, 0) is 33.2 Å². The number of aliphatic hydroxyl groups is 1. The molecule has 0 amide bonds. The zero-order valence-electron chi connectivity index (χ0n) is 28.9. The summed E-state index contributed by atoms with van der Waals surface area (Å²) >= 11 is 0. The molecule has 7 rings (SSSR count). The average molecular weight is 658 g/mol. The molecule has 1 aliphatic heterocycles. The number of ether oxygens (including phenoxy) is 7. The maximum Gasteiger partial charge on any atom is 0.338 e. The molecule has 0 radical (unpaired) electrons. The van der Waals surface area contributed by atoms with Crippen LogP contribution < -0.4 is 10.1 Å². The number of benzene rings is 1. The minimum Gasteiger partial charge on any atom is -0.497 e. The summed E-state index contributed by atoms with van der Waals surface area (Å²) in [5, 5.41) is 16.6. The van der Waals surface area contributed by atoms with Gasteiger partial charge in [0.1, 0.15) is 23.1 Å². The highest BCUT2D eigenvalue weighted by Crippen LogP contribution is 2.74. The average Bonchev–Trinajstić information content (AvgIpc) is 3.15. The summed E-state index contributed by atoms with van der Waals surface area (Å²) in [6.07, 6.45) is 0.878. The first kappa shape index (κ1) is 34.3. The molecule has 6 bridgehead atoms. The Labute approximate surface area is 277 Å². The normalized spacial score (nSPS) is 42.1. The van der Waals surface area contributed by atoms with Gasteiger partial charge in [0, 0.05) is 83.5 Å². The van der Waals surface area contributed by atoms with Gasteiger partial charge in [0.05, 0.1) is 37.6 Å². The number of methoxy groups -OCH3 is 5. The van der Waals surface area contributed by atoms with E-state index in [0.29, 0.717) is 31.0 Å². The standard InChI is InChI=1S/C36H51NO10/c1-9-33(19-41-4)18-37-17-23-14-25-29(45-8)30(33)36(23,20(2)42-5)26-15-34(40)27(44-7)16-35(25,47-21(3)38)28(26)31(34)46-32(39)22-10-12-24(43-6)13-11-22/h10-14,20,25-31,37,40H,9,15-19H2,1-8H3/t20-,25-,26?,27+,28?,29+,30-,31-,33+,34+,35+,36?/m1/s1. The van der Waals surface area contributed by atoms with Crippen molar-refractivity contribution >= 4 is 11.9 Å². The SMILES string of the molecule is CC[C@@]1(COC)CNCC2=C[C@@H]3[C@H](OC)[C@H]1C2([C@@H](C)OC)C1C[C@]2(O)[C@@H](OC)C[C@@]3(OC(C)=O)C1[C@H]2OC(=O)c1ccc(OC)cc1. The highest BCUT2D eigenvalue weighted by Gasteiger charge is 2.82. The van der Waals surface area contributed by atoms with E-state index in [4.69, 9.17) is 33.2 Å². The van der Waals surface area contributed by atoms with Crippen molar-refractivity contribution in [2.45, 2.75) is 75.7 Å². The Balaban J connectivity index is 1.63. The number of carbonyl (C=O) groups excluding carboxylic acids is 2. The first-order chi connectivity index (χ1) is 22.5. The molecule has 11 nitrogen and oxygen atoms in total. The van der Waals surface area contributed by atoms with E-state index >= 15 is 0 Å². The lowest BCUT2D eigenvalue weighted by Gasteiger charge is -2.59.